The van der Waals surface area contributed by atoms with Crippen molar-refractivity contribution in [2.24, 2.45) is 5.92 Å². The van der Waals surface area contributed by atoms with E-state index in [0.29, 0.717) is 5.92 Å². The Morgan fingerprint density at radius 2 is 1.80 bits per heavy atom. The Hall–Kier alpha value is -1.04. The zero-order valence-corrected chi connectivity index (χ0v) is 10.3. The second-order valence-electron chi connectivity index (χ2n) is 4.83. The third-order valence-electron chi connectivity index (χ3n) is 3.00. The van der Waals surface area contributed by atoms with E-state index >= 15 is 0 Å². The highest BCUT2D eigenvalue weighted by atomic mass is 14.2. The summed E-state index contributed by atoms with van der Waals surface area (Å²) in [4.78, 5) is 0. The van der Waals surface area contributed by atoms with Gasteiger partial charge in [0.25, 0.3) is 0 Å². The van der Waals surface area contributed by atoms with Gasteiger partial charge in [0.2, 0.25) is 0 Å². The van der Waals surface area contributed by atoms with E-state index in [1.165, 1.54) is 12.0 Å². The molecule has 0 nitrogen and oxygen atoms in total. The maximum Gasteiger partial charge on any atom is 0.00754 e. The van der Waals surface area contributed by atoms with Gasteiger partial charge in [-0.25, -0.2) is 0 Å². The van der Waals surface area contributed by atoms with E-state index in [1.807, 2.05) is 0 Å². The van der Waals surface area contributed by atoms with Crippen molar-refractivity contribution in [3.05, 3.63) is 48.0 Å². The first kappa shape index (κ1) is 12.0. The average molecular weight is 202 g/mol. The molecule has 15 heavy (non-hydrogen) atoms. The van der Waals surface area contributed by atoms with Gasteiger partial charge in [0.1, 0.15) is 0 Å². The molecule has 0 spiro atoms. The largest absolute Gasteiger partial charge is 0.0848 e. The number of allylic oxidation sites excluding steroid dienone is 2. The monoisotopic (exact) mass is 202 g/mol. The zero-order valence-electron chi connectivity index (χ0n) is 10.3. The van der Waals surface area contributed by atoms with Crippen molar-refractivity contribution in [3.63, 3.8) is 0 Å². The highest BCUT2D eigenvalue weighted by Crippen LogP contribution is 2.25. The van der Waals surface area contributed by atoms with E-state index in [9.17, 15) is 0 Å². The van der Waals surface area contributed by atoms with Gasteiger partial charge in [-0.3, -0.25) is 0 Å². The molecule has 0 heteroatoms. The van der Waals surface area contributed by atoms with Crippen molar-refractivity contribution in [1.29, 1.82) is 0 Å². The van der Waals surface area contributed by atoms with Gasteiger partial charge in [-0.05, 0) is 11.5 Å². The van der Waals surface area contributed by atoms with Gasteiger partial charge in [0, 0.05) is 5.41 Å². The first-order chi connectivity index (χ1) is 7.06. The van der Waals surface area contributed by atoms with Gasteiger partial charge in [0.15, 0.2) is 0 Å². The summed E-state index contributed by atoms with van der Waals surface area (Å²) in [6.45, 7) is 9.02. The van der Waals surface area contributed by atoms with Gasteiger partial charge in [-0.2, -0.15) is 0 Å². The molecule has 1 aromatic carbocycles. The zero-order chi connectivity index (χ0) is 11.3. The van der Waals surface area contributed by atoms with Crippen LogP contribution in [0.3, 0.4) is 0 Å². The van der Waals surface area contributed by atoms with Crippen LogP contribution in [0.25, 0.3) is 0 Å². The minimum Gasteiger partial charge on any atom is -0.0848 e. The standard InChI is InChI=1S/C15H22/c1-5-13(2)11-12-15(3,4)14-9-7-6-8-10-14/h6-13H,5H2,1-4H3/b12-11+. The minimum absolute atomic E-state index is 0.144. The molecule has 0 saturated carbocycles. The molecule has 0 radical (unpaired) electrons. The lowest BCUT2D eigenvalue weighted by Crippen LogP contribution is -2.13. The van der Waals surface area contributed by atoms with Gasteiger partial charge >= 0.3 is 0 Å². The Bertz CT molecular complexity index is 306. The molecule has 0 fully saturated rings. The fraction of sp³-hybridized carbons (Fsp3) is 0.467. The highest BCUT2D eigenvalue weighted by molar-refractivity contribution is 5.28. The number of hydrogen-bond acceptors (Lipinski definition) is 0. The summed E-state index contributed by atoms with van der Waals surface area (Å²) >= 11 is 0. The highest BCUT2D eigenvalue weighted by Gasteiger charge is 2.15. The van der Waals surface area contributed by atoms with E-state index in [1.54, 1.807) is 0 Å². The molecule has 0 saturated heterocycles. The first-order valence-corrected chi connectivity index (χ1v) is 5.81. The van der Waals surface area contributed by atoms with Crippen LogP contribution in [0.4, 0.5) is 0 Å². The predicted octanol–water partition coefficient (Wildman–Crippen LogP) is 4.57. The molecule has 82 valence electrons. The molecule has 1 atom stereocenters. The summed E-state index contributed by atoms with van der Waals surface area (Å²) in [7, 11) is 0. The number of benzene rings is 1. The molecule has 0 bridgehead atoms. The van der Waals surface area contributed by atoms with E-state index in [0.717, 1.165) is 0 Å². The van der Waals surface area contributed by atoms with Gasteiger partial charge < -0.3 is 0 Å². The van der Waals surface area contributed by atoms with Crippen LogP contribution < -0.4 is 0 Å². The maximum atomic E-state index is 2.33. The van der Waals surface area contributed by atoms with Gasteiger partial charge in [-0.1, -0.05) is 76.6 Å². The smallest absolute Gasteiger partial charge is 0.00754 e. The summed E-state index contributed by atoms with van der Waals surface area (Å²) in [5, 5.41) is 0. The third-order valence-corrected chi connectivity index (χ3v) is 3.00. The lowest BCUT2D eigenvalue weighted by Gasteiger charge is -2.21. The van der Waals surface area contributed by atoms with Gasteiger partial charge in [-0.15, -0.1) is 0 Å². The third kappa shape index (κ3) is 3.54. The molecule has 0 N–H and O–H groups in total. The minimum atomic E-state index is 0.144. The van der Waals surface area contributed by atoms with Crippen molar-refractivity contribution in [3.8, 4) is 0 Å². The van der Waals surface area contributed by atoms with Crippen LogP contribution in [0.2, 0.25) is 0 Å². The molecule has 0 amide bonds. The average Bonchev–Trinajstić information content (AvgIpc) is 2.27. The first-order valence-electron chi connectivity index (χ1n) is 5.81. The molecule has 0 aliphatic rings. The Labute approximate surface area is 94.0 Å². The molecule has 1 rings (SSSR count). The second kappa shape index (κ2) is 5.16. The topological polar surface area (TPSA) is 0 Å². The summed E-state index contributed by atoms with van der Waals surface area (Å²) < 4.78 is 0. The van der Waals surface area contributed by atoms with Crippen LogP contribution in [-0.4, -0.2) is 0 Å². The number of hydrogen-bond donors (Lipinski definition) is 0. The molecular weight excluding hydrogens is 180 g/mol. The molecule has 0 aromatic heterocycles. The van der Waals surface area contributed by atoms with Crippen LogP contribution in [0.15, 0.2) is 42.5 Å². The van der Waals surface area contributed by atoms with Crippen molar-refractivity contribution in [1.82, 2.24) is 0 Å². The summed E-state index contributed by atoms with van der Waals surface area (Å²) in [6, 6.07) is 10.7. The lowest BCUT2D eigenvalue weighted by molar-refractivity contribution is 0.640. The van der Waals surface area contributed by atoms with Crippen molar-refractivity contribution >= 4 is 0 Å². The summed E-state index contributed by atoms with van der Waals surface area (Å²) in [5.41, 5.74) is 1.52. The second-order valence-corrected chi connectivity index (χ2v) is 4.83. The van der Waals surface area contributed by atoms with Crippen LogP contribution >= 0.6 is 0 Å². The molecule has 0 aliphatic heterocycles. The molecule has 0 heterocycles. The molecule has 1 unspecified atom stereocenters. The van der Waals surface area contributed by atoms with Crippen molar-refractivity contribution < 1.29 is 0 Å². The van der Waals surface area contributed by atoms with Crippen molar-refractivity contribution in [2.45, 2.75) is 39.5 Å². The Morgan fingerprint density at radius 3 is 2.33 bits per heavy atom. The normalized spacial score (nSPS) is 14.4. The van der Waals surface area contributed by atoms with Crippen LogP contribution in [0.1, 0.15) is 39.7 Å². The fourth-order valence-electron chi connectivity index (χ4n) is 1.50. The van der Waals surface area contributed by atoms with Crippen molar-refractivity contribution in [2.75, 3.05) is 0 Å². The van der Waals surface area contributed by atoms with E-state index in [-0.39, 0.29) is 5.41 Å². The summed E-state index contributed by atoms with van der Waals surface area (Å²) in [6.07, 6.45) is 5.87. The van der Waals surface area contributed by atoms with Gasteiger partial charge in [0.05, 0.1) is 0 Å². The molecule has 0 aliphatic carbocycles. The predicted molar refractivity (Wildman–Crippen MR) is 68.1 cm³/mol. The molecule has 1 aromatic rings. The molecular formula is C15H22. The van der Waals surface area contributed by atoms with E-state index < -0.39 is 0 Å². The lowest BCUT2D eigenvalue weighted by atomic mass is 9.83. The van der Waals surface area contributed by atoms with E-state index in [2.05, 4.69) is 70.2 Å². The summed E-state index contributed by atoms with van der Waals surface area (Å²) in [5.74, 6) is 0.674. The van der Waals surface area contributed by atoms with Crippen LogP contribution in [0.5, 0.6) is 0 Å². The fourth-order valence-corrected chi connectivity index (χ4v) is 1.50. The Kier molecular flexibility index (Phi) is 4.14. The number of rotatable bonds is 4. The Morgan fingerprint density at radius 1 is 1.20 bits per heavy atom. The van der Waals surface area contributed by atoms with Crippen LogP contribution in [0, 0.1) is 5.92 Å². The Balaban J connectivity index is 2.80. The van der Waals surface area contributed by atoms with E-state index in [4.69, 9.17) is 0 Å². The SMILES string of the molecule is CCC(C)/C=C/C(C)(C)c1ccccc1. The quantitative estimate of drug-likeness (QED) is 0.627. The maximum absolute atomic E-state index is 2.33. The van der Waals surface area contributed by atoms with Crippen LogP contribution in [-0.2, 0) is 5.41 Å².